The second-order valence-corrected chi connectivity index (χ2v) is 5.46. The number of ether oxygens (including phenoxy) is 1. The largest absolute Gasteiger partial charge is 0.494 e. The van der Waals surface area contributed by atoms with Gasteiger partial charge in [-0.25, -0.2) is 0 Å². The van der Waals surface area contributed by atoms with E-state index in [9.17, 15) is 9.59 Å². The number of hydrogen-bond donors (Lipinski definition) is 2. The summed E-state index contributed by atoms with van der Waals surface area (Å²) < 4.78 is 5.41. The van der Waals surface area contributed by atoms with E-state index in [4.69, 9.17) is 4.74 Å². The van der Waals surface area contributed by atoms with Crippen molar-refractivity contribution < 1.29 is 14.3 Å². The van der Waals surface area contributed by atoms with Crippen molar-refractivity contribution in [2.24, 2.45) is 0 Å². The Morgan fingerprint density at radius 2 is 1.83 bits per heavy atom. The van der Waals surface area contributed by atoms with Crippen LogP contribution in [0.4, 0.5) is 5.69 Å². The summed E-state index contributed by atoms with van der Waals surface area (Å²) in [5.74, 6) is 0.446. The molecule has 0 saturated heterocycles. The minimum absolute atomic E-state index is 0.141. The standard InChI is InChI=1S/C19H22N2O3/c1-4-24-18-10-8-15(9-11-18)13(2)20-19(23)16-6-5-7-17(12-16)21-14(3)22/h5-13H,4H2,1-3H3,(H,20,23)(H,21,22). The van der Waals surface area contributed by atoms with Gasteiger partial charge >= 0.3 is 0 Å². The van der Waals surface area contributed by atoms with Gasteiger partial charge in [-0.2, -0.15) is 0 Å². The number of carbonyl (C=O) groups is 2. The first-order chi connectivity index (χ1) is 11.5. The molecule has 2 aromatic carbocycles. The van der Waals surface area contributed by atoms with Gasteiger partial charge in [0.25, 0.3) is 5.91 Å². The molecule has 1 atom stereocenters. The summed E-state index contributed by atoms with van der Waals surface area (Å²) in [5.41, 5.74) is 2.09. The molecule has 2 aromatic rings. The first-order valence-corrected chi connectivity index (χ1v) is 7.91. The molecule has 5 nitrogen and oxygen atoms in total. The summed E-state index contributed by atoms with van der Waals surface area (Å²) in [6, 6.07) is 14.4. The Hall–Kier alpha value is -2.82. The van der Waals surface area contributed by atoms with Crippen LogP contribution >= 0.6 is 0 Å². The van der Waals surface area contributed by atoms with Gasteiger partial charge < -0.3 is 15.4 Å². The molecule has 1 unspecified atom stereocenters. The van der Waals surface area contributed by atoms with E-state index in [0.717, 1.165) is 11.3 Å². The molecule has 24 heavy (non-hydrogen) atoms. The van der Waals surface area contributed by atoms with Gasteiger partial charge in [0.15, 0.2) is 0 Å². The second kappa shape index (κ2) is 8.15. The van der Waals surface area contributed by atoms with Crippen molar-refractivity contribution in [1.29, 1.82) is 0 Å². The summed E-state index contributed by atoms with van der Waals surface area (Å²) in [6.07, 6.45) is 0. The molecule has 2 amide bonds. The number of rotatable bonds is 6. The lowest BCUT2D eigenvalue weighted by molar-refractivity contribution is -0.114. The maximum atomic E-state index is 12.4. The molecule has 0 aliphatic heterocycles. The summed E-state index contributed by atoms with van der Waals surface area (Å²) >= 11 is 0. The molecule has 2 N–H and O–H groups in total. The van der Waals surface area contributed by atoms with Gasteiger partial charge in [-0.15, -0.1) is 0 Å². The molecule has 0 saturated carbocycles. The fourth-order valence-electron chi connectivity index (χ4n) is 2.32. The molecule has 126 valence electrons. The van der Waals surface area contributed by atoms with Gasteiger partial charge in [-0.1, -0.05) is 18.2 Å². The smallest absolute Gasteiger partial charge is 0.251 e. The van der Waals surface area contributed by atoms with Crippen LogP contribution in [-0.4, -0.2) is 18.4 Å². The SMILES string of the molecule is CCOc1ccc(C(C)NC(=O)c2cccc(NC(C)=O)c2)cc1. The molecule has 0 aromatic heterocycles. The van der Waals surface area contributed by atoms with Gasteiger partial charge in [0.1, 0.15) is 5.75 Å². The second-order valence-electron chi connectivity index (χ2n) is 5.46. The van der Waals surface area contributed by atoms with Crippen LogP contribution in [0.2, 0.25) is 0 Å². The molecule has 0 heterocycles. The molecular formula is C19H22N2O3. The topological polar surface area (TPSA) is 67.4 Å². The average molecular weight is 326 g/mol. The lowest BCUT2D eigenvalue weighted by Gasteiger charge is -2.15. The average Bonchev–Trinajstić information content (AvgIpc) is 2.55. The molecule has 5 heteroatoms. The zero-order chi connectivity index (χ0) is 17.5. The number of hydrogen-bond acceptors (Lipinski definition) is 3. The van der Waals surface area contributed by atoms with E-state index in [2.05, 4.69) is 10.6 Å². The number of carbonyl (C=O) groups excluding carboxylic acids is 2. The number of anilines is 1. The first kappa shape index (κ1) is 17.5. The van der Waals surface area contributed by atoms with Crippen molar-refractivity contribution in [3.63, 3.8) is 0 Å². The third-order valence-electron chi connectivity index (χ3n) is 3.48. The van der Waals surface area contributed by atoms with Crippen molar-refractivity contribution in [3.05, 3.63) is 59.7 Å². The molecule has 0 radical (unpaired) electrons. The van der Waals surface area contributed by atoms with E-state index >= 15 is 0 Å². The molecule has 0 aliphatic rings. The molecule has 0 spiro atoms. The Balaban J connectivity index is 2.04. The highest BCUT2D eigenvalue weighted by molar-refractivity contribution is 5.97. The summed E-state index contributed by atoms with van der Waals surface area (Å²) in [5, 5.41) is 5.62. The lowest BCUT2D eigenvalue weighted by Crippen LogP contribution is -2.26. The Morgan fingerprint density at radius 1 is 1.12 bits per heavy atom. The fraction of sp³-hybridized carbons (Fsp3) is 0.263. The summed E-state index contributed by atoms with van der Waals surface area (Å²) in [7, 11) is 0. The Morgan fingerprint density at radius 3 is 2.46 bits per heavy atom. The third kappa shape index (κ3) is 4.84. The summed E-state index contributed by atoms with van der Waals surface area (Å²) in [6.45, 7) is 5.91. The Kier molecular flexibility index (Phi) is 5.95. The monoisotopic (exact) mass is 326 g/mol. The van der Waals surface area contributed by atoms with Crippen molar-refractivity contribution in [3.8, 4) is 5.75 Å². The molecule has 0 aliphatic carbocycles. The van der Waals surface area contributed by atoms with E-state index in [1.165, 1.54) is 6.92 Å². The molecule has 0 bridgehead atoms. The van der Waals surface area contributed by atoms with Crippen LogP contribution in [0.1, 0.15) is 42.7 Å². The first-order valence-electron chi connectivity index (χ1n) is 7.91. The van der Waals surface area contributed by atoms with Crippen molar-refractivity contribution in [1.82, 2.24) is 5.32 Å². The van der Waals surface area contributed by atoms with Crippen LogP contribution in [0.3, 0.4) is 0 Å². The zero-order valence-electron chi connectivity index (χ0n) is 14.1. The highest BCUT2D eigenvalue weighted by atomic mass is 16.5. The number of amides is 2. The van der Waals surface area contributed by atoms with Crippen LogP contribution in [-0.2, 0) is 4.79 Å². The van der Waals surface area contributed by atoms with Crippen LogP contribution in [0, 0.1) is 0 Å². The Bertz CT molecular complexity index is 711. The summed E-state index contributed by atoms with van der Waals surface area (Å²) in [4.78, 5) is 23.5. The fourth-order valence-corrected chi connectivity index (χ4v) is 2.32. The minimum Gasteiger partial charge on any atom is -0.494 e. The van der Waals surface area contributed by atoms with E-state index in [1.807, 2.05) is 38.1 Å². The highest BCUT2D eigenvalue weighted by Crippen LogP contribution is 2.18. The van der Waals surface area contributed by atoms with Crippen molar-refractivity contribution in [2.45, 2.75) is 26.8 Å². The normalized spacial score (nSPS) is 11.5. The lowest BCUT2D eigenvalue weighted by atomic mass is 10.1. The van der Waals surface area contributed by atoms with Gasteiger partial charge in [0.2, 0.25) is 5.91 Å². The van der Waals surface area contributed by atoms with Crippen LogP contribution in [0.25, 0.3) is 0 Å². The highest BCUT2D eigenvalue weighted by Gasteiger charge is 2.12. The predicted molar refractivity (Wildman–Crippen MR) is 94.2 cm³/mol. The number of nitrogens with one attached hydrogen (secondary N) is 2. The van der Waals surface area contributed by atoms with Crippen molar-refractivity contribution >= 4 is 17.5 Å². The molecule has 2 rings (SSSR count). The van der Waals surface area contributed by atoms with Gasteiger partial charge in [0.05, 0.1) is 12.6 Å². The van der Waals surface area contributed by atoms with Gasteiger partial charge in [0, 0.05) is 18.2 Å². The van der Waals surface area contributed by atoms with Crippen LogP contribution in [0.5, 0.6) is 5.75 Å². The van der Waals surface area contributed by atoms with Crippen LogP contribution in [0.15, 0.2) is 48.5 Å². The van der Waals surface area contributed by atoms with E-state index in [-0.39, 0.29) is 17.9 Å². The maximum absolute atomic E-state index is 12.4. The van der Waals surface area contributed by atoms with Crippen LogP contribution < -0.4 is 15.4 Å². The minimum atomic E-state index is -0.191. The Labute approximate surface area is 142 Å². The number of benzene rings is 2. The predicted octanol–water partition coefficient (Wildman–Crippen LogP) is 3.53. The van der Waals surface area contributed by atoms with Crippen molar-refractivity contribution in [2.75, 3.05) is 11.9 Å². The van der Waals surface area contributed by atoms with E-state index in [0.29, 0.717) is 17.9 Å². The third-order valence-corrected chi connectivity index (χ3v) is 3.48. The van der Waals surface area contributed by atoms with E-state index < -0.39 is 0 Å². The molecule has 0 fully saturated rings. The van der Waals surface area contributed by atoms with Gasteiger partial charge in [-0.05, 0) is 49.7 Å². The van der Waals surface area contributed by atoms with Gasteiger partial charge in [-0.3, -0.25) is 9.59 Å². The quantitative estimate of drug-likeness (QED) is 0.853. The molecular weight excluding hydrogens is 304 g/mol. The maximum Gasteiger partial charge on any atom is 0.251 e. The zero-order valence-corrected chi connectivity index (χ0v) is 14.1. The van der Waals surface area contributed by atoms with E-state index in [1.54, 1.807) is 24.3 Å².